The molecule has 0 aromatic heterocycles. The third kappa shape index (κ3) is 6.98. The molecule has 0 aliphatic carbocycles. The average molecular weight is 396 g/mol. The van der Waals surface area contributed by atoms with Crippen molar-refractivity contribution in [2.24, 2.45) is 0 Å². The molecule has 0 bridgehead atoms. The first-order valence-electron chi connectivity index (χ1n) is 9.03. The molecule has 2 aromatic carbocycles. The van der Waals surface area contributed by atoms with E-state index in [0.29, 0.717) is 13.0 Å². The summed E-state index contributed by atoms with van der Waals surface area (Å²) in [5.41, 5.74) is 2.56. The summed E-state index contributed by atoms with van der Waals surface area (Å²) in [6, 6.07) is 21.3. The summed E-state index contributed by atoms with van der Waals surface area (Å²) in [6.07, 6.45) is 0.409. The molecule has 1 fully saturated rings. The zero-order valence-corrected chi connectivity index (χ0v) is 18.6. The van der Waals surface area contributed by atoms with Crippen LogP contribution in [-0.2, 0) is 10.1 Å². The largest absolute Gasteiger partial charge is 1.00 e. The number of rotatable bonds is 7. The quantitative estimate of drug-likeness (QED) is 0.459. The van der Waals surface area contributed by atoms with Crippen LogP contribution >= 0.6 is 0 Å². The Bertz CT molecular complexity index is 740. The summed E-state index contributed by atoms with van der Waals surface area (Å²) in [7, 11) is -4.11. The van der Waals surface area contributed by atoms with E-state index in [-0.39, 0.29) is 41.4 Å². The van der Waals surface area contributed by atoms with Gasteiger partial charge in [-0.1, -0.05) is 60.7 Å². The van der Waals surface area contributed by atoms with E-state index in [1.165, 1.54) is 11.1 Å². The summed E-state index contributed by atoms with van der Waals surface area (Å²) in [4.78, 5) is 4.72. The molecule has 2 aromatic rings. The van der Waals surface area contributed by atoms with E-state index in [2.05, 4.69) is 58.3 Å². The van der Waals surface area contributed by atoms with Crippen LogP contribution in [0.1, 0.15) is 23.6 Å². The first kappa shape index (κ1) is 22.6. The van der Waals surface area contributed by atoms with E-state index >= 15 is 0 Å². The molecular weight excluding hydrogens is 371 g/mol. The smallest absolute Gasteiger partial charge is 0.748 e. The van der Waals surface area contributed by atoms with Crippen LogP contribution in [0, 0.1) is 0 Å². The fourth-order valence-corrected chi connectivity index (χ4v) is 4.08. The van der Waals surface area contributed by atoms with Gasteiger partial charge in [-0.15, -0.1) is 0 Å². The van der Waals surface area contributed by atoms with Gasteiger partial charge in [0.1, 0.15) is 0 Å². The van der Waals surface area contributed by atoms with Crippen molar-refractivity contribution in [3.8, 4) is 0 Å². The van der Waals surface area contributed by atoms with Crippen molar-refractivity contribution in [3.63, 3.8) is 0 Å². The standard InChI is InChI=1S/C20H26N2O3S.Na/c23-26(24,25)17-7-12-21-13-15-22(16-14-21)20(18-8-3-1-4-9-18)19-10-5-2-6-11-19;/h1-6,8-11,20H,7,12-17H2,(H,23,24,25);/q;+1/p-1. The van der Waals surface area contributed by atoms with E-state index in [1.54, 1.807) is 0 Å². The van der Waals surface area contributed by atoms with E-state index < -0.39 is 10.1 Å². The number of piperazine rings is 1. The molecule has 1 aliphatic heterocycles. The molecule has 0 N–H and O–H groups in total. The molecule has 0 unspecified atom stereocenters. The van der Waals surface area contributed by atoms with Crippen LogP contribution in [-0.4, -0.2) is 61.2 Å². The summed E-state index contributed by atoms with van der Waals surface area (Å²) < 4.78 is 32.2. The Morgan fingerprint density at radius 1 is 0.852 bits per heavy atom. The van der Waals surface area contributed by atoms with E-state index in [4.69, 9.17) is 0 Å². The second-order valence-electron chi connectivity index (χ2n) is 6.72. The van der Waals surface area contributed by atoms with E-state index in [1.807, 2.05) is 12.1 Å². The van der Waals surface area contributed by atoms with Crippen molar-refractivity contribution in [2.75, 3.05) is 38.5 Å². The summed E-state index contributed by atoms with van der Waals surface area (Å²) in [5.74, 6) is -0.274. The van der Waals surface area contributed by atoms with Gasteiger partial charge in [0, 0.05) is 31.9 Å². The van der Waals surface area contributed by atoms with Gasteiger partial charge in [0.15, 0.2) is 0 Å². The fraction of sp³-hybridized carbons (Fsp3) is 0.400. The van der Waals surface area contributed by atoms with Crippen molar-refractivity contribution in [3.05, 3.63) is 71.8 Å². The molecule has 1 aliphatic rings. The zero-order valence-electron chi connectivity index (χ0n) is 15.8. The molecule has 7 heteroatoms. The van der Waals surface area contributed by atoms with Gasteiger partial charge in [-0.2, -0.15) is 0 Å². The van der Waals surface area contributed by atoms with Crippen LogP contribution in [0.3, 0.4) is 0 Å². The van der Waals surface area contributed by atoms with Gasteiger partial charge in [-0.25, -0.2) is 8.42 Å². The summed E-state index contributed by atoms with van der Waals surface area (Å²) in [6.45, 7) is 4.26. The molecular formula is C20H25N2NaO3S. The van der Waals surface area contributed by atoms with Crippen molar-refractivity contribution in [2.45, 2.75) is 12.5 Å². The number of nitrogens with zero attached hydrogens (tertiary/aromatic N) is 2. The van der Waals surface area contributed by atoms with Gasteiger partial charge in [-0.3, -0.25) is 4.90 Å². The van der Waals surface area contributed by atoms with Gasteiger partial charge in [-0.05, 0) is 24.1 Å². The Morgan fingerprint density at radius 2 is 1.33 bits per heavy atom. The van der Waals surface area contributed by atoms with Crippen LogP contribution in [0.25, 0.3) is 0 Å². The van der Waals surface area contributed by atoms with Crippen LogP contribution in [0.4, 0.5) is 0 Å². The van der Waals surface area contributed by atoms with Gasteiger partial charge < -0.3 is 9.45 Å². The number of hydrogen-bond donors (Lipinski definition) is 0. The Balaban J connectivity index is 0.00000261. The third-order valence-corrected chi connectivity index (χ3v) is 5.66. The topological polar surface area (TPSA) is 63.7 Å². The molecule has 0 atom stereocenters. The molecule has 140 valence electrons. The van der Waals surface area contributed by atoms with Crippen molar-refractivity contribution in [1.82, 2.24) is 9.80 Å². The average Bonchev–Trinajstić information content (AvgIpc) is 2.64. The van der Waals surface area contributed by atoms with Crippen LogP contribution < -0.4 is 29.6 Å². The van der Waals surface area contributed by atoms with Gasteiger partial charge in [0.05, 0.1) is 16.2 Å². The maximum Gasteiger partial charge on any atom is 1.00 e. The van der Waals surface area contributed by atoms with Crippen LogP contribution in [0.2, 0.25) is 0 Å². The van der Waals surface area contributed by atoms with Crippen LogP contribution in [0.15, 0.2) is 60.7 Å². The predicted molar refractivity (Wildman–Crippen MR) is 102 cm³/mol. The minimum atomic E-state index is -4.11. The van der Waals surface area contributed by atoms with Gasteiger partial charge >= 0.3 is 29.6 Å². The SMILES string of the molecule is O=S(=O)([O-])CCCN1CCN(C(c2ccccc2)c2ccccc2)CC1.[Na+]. The van der Waals surface area contributed by atoms with Crippen molar-refractivity contribution >= 4 is 10.1 Å². The fourth-order valence-electron chi connectivity index (χ4n) is 3.59. The molecule has 0 saturated carbocycles. The zero-order chi connectivity index (χ0) is 18.4. The molecule has 0 radical (unpaired) electrons. The number of benzene rings is 2. The Morgan fingerprint density at radius 3 is 1.78 bits per heavy atom. The normalized spacial score (nSPS) is 16.2. The number of hydrogen-bond acceptors (Lipinski definition) is 5. The molecule has 0 amide bonds. The van der Waals surface area contributed by atoms with Crippen molar-refractivity contribution in [1.29, 1.82) is 0 Å². The molecule has 1 saturated heterocycles. The van der Waals surface area contributed by atoms with Gasteiger partial charge in [0.25, 0.3) is 0 Å². The monoisotopic (exact) mass is 396 g/mol. The Kier molecular flexibility index (Phi) is 8.95. The maximum absolute atomic E-state index is 10.7. The predicted octanol–water partition coefficient (Wildman–Crippen LogP) is -0.667. The minimum Gasteiger partial charge on any atom is -0.748 e. The maximum atomic E-state index is 10.7. The molecule has 3 rings (SSSR count). The van der Waals surface area contributed by atoms with E-state index in [9.17, 15) is 13.0 Å². The Labute approximate surface area is 184 Å². The third-order valence-electron chi connectivity index (χ3n) is 4.87. The second kappa shape index (κ2) is 10.7. The first-order valence-corrected chi connectivity index (χ1v) is 10.6. The Hall–Kier alpha value is -0.730. The van der Waals surface area contributed by atoms with Crippen LogP contribution in [0.5, 0.6) is 0 Å². The molecule has 1 heterocycles. The minimum absolute atomic E-state index is 0. The molecule has 5 nitrogen and oxygen atoms in total. The van der Waals surface area contributed by atoms with E-state index in [0.717, 1.165) is 26.2 Å². The molecule has 27 heavy (non-hydrogen) atoms. The first-order chi connectivity index (χ1) is 12.5. The summed E-state index contributed by atoms with van der Waals surface area (Å²) >= 11 is 0. The summed E-state index contributed by atoms with van der Waals surface area (Å²) in [5, 5.41) is 0. The van der Waals surface area contributed by atoms with Crippen molar-refractivity contribution < 1.29 is 42.5 Å². The van der Waals surface area contributed by atoms with Gasteiger partial charge in [0.2, 0.25) is 0 Å². The molecule has 0 spiro atoms. The second-order valence-corrected chi connectivity index (χ2v) is 8.24.